The number of aliphatic hydroxyl groups is 1. The lowest BCUT2D eigenvalue weighted by Crippen LogP contribution is -2.47. The van der Waals surface area contributed by atoms with Crippen LogP contribution in [0.2, 0.25) is 0 Å². The molecule has 2 atom stereocenters. The SMILES string of the molecule is COc1ccc(OCCC(=O)N[C@H](CN2CCCC2)[C@H](O)c2ccc(OCCOc3cccc(C)c3)cc2)cc1. The maximum Gasteiger partial charge on any atom is 0.223 e. The minimum absolute atomic E-state index is 0.162. The highest BCUT2D eigenvalue weighted by molar-refractivity contribution is 5.76. The maximum absolute atomic E-state index is 12.8. The van der Waals surface area contributed by atoms with Gasteiger partial charge in [-0.15, -0.1) is 0 Å². The van der Waals surface area contributed by atoms with E-state index in [1.54, 1.807) is 19.2 Å². The summed E-state index contributed by atoms with van der Waals surface area (Å²) in [4.78, 5) is 15.1. The average Bonchev–Trinajstić information content (AvgIpc) is 3.49. The topological polar surface area (TPSA) is 89.5 Å². The molecule has 8 heteroatoms. The number of amides is 1. The van der Waals surface area contributed by atoms with Crippen molar-refractivity contribution in [3.8, 4) is 23.0 Å². The van der Waals surface area contributed by atoms with Crippen LogP contribution < -0.4 is 24.3 Å². The van der Waals surface area contributed by atoms with Gasteiger partial charge >= 0.3 is 0 Å². The number of carbonyl (C=O) groups is 1. The Morgan fingerprint density at radius 2 is 1.45 bits per heavy atom. The second-order valence-electron chi connectivity index (χ2n) is 9.98. The number of aryl methyl sites for hydroxylation is 1. The van der Waals surface area contributed by atoms with Crippen molar-refractivity contribution in [1.82, 2.24) is 10.2 Å². The molecular weight excluding hydrogens is 508 g/mol. The minimum Gasteiger partial charge on any atom is -0.497 e. The zero-order valence-electron chi connectivity index (χ0n) is 23.4. The van der Waals surface area contributed by atoms with Crippen LogP contribution in [-0.2, 0) is 4.79 Å². The summed E-state index contributed by atoms with van der Waals surface area (Å²) in [5.41, 5.74) is 1.87. The number of aliphatic hydroxyl groups excluding tert-OH is 1. The van der Waals surface area contributed by atoms with Crippen LogP contribution in [0.5, 0.6) is 23.0 Å². The fourth-order valence-corrected chi connectivity index (χ4v) is 4.70. The molecule has 1 amide bonds. The molecule has 1 heterocycles. The average molecular weight is 549 g/mol. The third-order valence-corrected chi connectivity index (χ3v) is 6.87. The Hall–Kier alpha value is -3.75. The van der Waals surface area contributed by atoms with Crippen LogP contribution in [0, 0.1) is 6.92 Å². The number of carbonyl (C=O) groups excluding carboxylic acids is 1. The van der Waals surface area contributed by atoms with Crippen LogP contribution in [0.1, 0.15) is 36.5 Å². The zero-order valence-corrected chi connectivity index (χ0v) is 23.4. The predicted octanol–water partition coefficient (Wildman–Crippen LogP) is 4.54. The summed E-state index contributed by atoms with van der Waals surface area (Å²) in [6.07, 6.45) is 1.59. The molecule has 0 aromatic heterocycles. The second kappa shape index (κ2) is 15.1. The highest BCUT2D eigenvalue weighted by Crippen LogP contribution is 2.23. The molecule has 2 N–H and O–H groups in total. The number of hydrogen-bond acceptors (Lipinski definition) is 7. The lowest BCUT2D eigenvalue weighted by molar-refractivity contribution is -0.123. The van der Waals surface area contributed by atoms with Gasteiger partial charge in [0.2, 0.25) is 5.91 Å². The summed E-state index contributed by atoms with van der Waals surface area (Å²) in [5, 5.41) is 14.3. The first-order valence-electron chi connectivity index (χ1n) is 13.9. The van der Waals surface area contributed by atoms with Crippen LogP contribution in [-0.4, -0.2) is 68.5 Å². The van der Waals surface area contributed by atoms with Gasteiger partial charge in [0.25, 0.3) is 0 Å². The molecule has 0 spiro atoms. The number of likely N-dealkylation sites (tertiary alicyclic amines) is 1. The van der Waals surface area contributed by atoms with Crippen molar-refractivity contribution < 1.29 is 28.8 Å². The quantitative estimate of drug-likeness (QED) is 0.270. The van der Waals surface area contributed by atoms with Gasteiger partial charge < -0.3 is 34.3 Å². The van der Waals surface area contributed by atoms with Gasteiger partial charge in [0.15, 0.2) is 0 Å². The third kappa shape index (κ3) is 9.17. The second-order valence-corrected chi connectivity index (χ2v) is 9.98. The monoisotopic (exact) mass is 548 g/mol. The van der Waals surface area contributed by atoms with E-state index in [1.807, 2.05) is 67.6 Å². The van der Waals surface area contributed by atoms with E-state index in [-0.39, 0.29) is 18.9 Å². The van der Waals surface area contributed by atoms with Gasteiger partial charge in [0.1, 0.15) is 42.3 Å². The van der Waals surface area contributed by atoms with Crippen LogP contribution in [0.25, 0.3) is 0 Å². The Kier molecular flexibility index (Phi) is 11.1. The molecule has 0 radical (unpaired) electrons. The first kappa shape index (κ1) is 29.2. The highest BCUT2D eigenvalue weighted by Gasteiger charge is 2.26. The fraction of sp³-hybridized carbons (Fsp3) is 0.406. The van der Waals surface area contributed by atoms with Gasteiger partial charge in [-0.25, -0.2) is 0 Å². The maximum atomic E-state index is 12.8. The van der Waals surface area contributed by atoms with Gasteiger partial charge in [-0.05, 0) is 92.5 Å². The molecule has 3 aromatic rings. The Morgan fingerprint density at radius 1 is 0.850 bits per heavy atom. The van der Waals surface area contributed by atoms with E-state index in [1.165, 1.54) is 0 Å². The van der Waals surface area contributed by atoms with Gasteiger partial charge in [-0.3, -0.25) is 4.79 Å². The molecule has 1 aliphatic rings. The Morgan fingerprint density at radius 3 is 2.10 bits per heavy atom. The summed E-state index contributed by atoms with van der Waals surface area (Å²) >= 11 is 0. The molecule has 1 aliphatic heterocycles. The number of nitrogens with zero attached hydrogens (tertiary/aromatic N) is 1. The minimum atomic E-state index is -0.856. The van der Waals surface area contributed by atoms with Crippen LogP contribution in [0.15, 0.2) is 72.8 Å². The van der Waals surface area contributed by atoms with E-state index in [2.05, 4.69) is 10.2 Å². The lowest BCUT2D eigenvalue weighted by atomic mass is 10.0. The molecular formula is C32H40N2O6. The van der Waals surface area contributed by atoms with Crippen molar-refractivity contribution in [3.63, 3.8) is 0 Å². The van der Waals surface area contributed by atoms with Crippen LogP contribution in [0.4, 0.5) is 0 Å². The standard InChI is InChI=1S/C32H40N2O6/c1-24-6-5-7-29(22-24)40-21-20-39-27-10-8-25(9-11-27)32(36)30(23-34-17-3-4-18-34)33-31(35)16-19-38-28-14-12-26(37-2)13-15-28/h5-15,22,30,32,36H,3-4,16-21,23H2,1-2H3,(H,33,35)/t30-,32-/m1/s1. The largest absolute Gasteiger partial charge is 0.497 e. The summed E-state index contributed by atoms with van der Waals surface area (Å²) in [6, 6.07) is 22.1. The van der Waals surface area contributed by atoms with Gasteiger partial charge in [-0.2, -0.15) is 0 Å². The summed E-state index contributed by atoms with van der Waals surface area (Å²) in [5.74, 6) is 2.77. The smallest absolute Gasteiger partial charge is 0.223 e. The van der Waals surface area contributed by atoms with Crippen molar-refractivity contribution in [2.45, 2.75) is 38.3 Å². The van der Waals surface area contributed by atoms with E-state index in [4.69, 9.17) is 18.9 Å². The van der Waals surface area contributed by atoms with E-state index >= 15 is 0 Å². The molecule has 4 rings (SSSR count). The summed E-state index contributed by atoms with van der Waals surface area (Å²) in [6.45, 7) is 5.63. The van der Waals surface area contributed by atoms with E-state index in [9.17, 15) is 9.90 Å². The summed E-state index contributed by atoms with van der Waals surface area (Å²) < 4.78 is 22.4. The molecule has 0 unspecified atom stereocenters. The Bertz CT molecular complexity index is 1180. The van der Waals surface area contributed by atoms with Gasteiger partial charge in [-0.1, -0.05) is 24.3 Å². The number of nitrogens with one attached hydrogen (secondary N) is 1. The molecule has 0 aliphatic carbocycles. The van der Waals surface area contributed by atoms with E-state index in [0.29, 0.717) is 31.3 Å². The number of hydrogen-bond donors (Lipinski definition) is 2. The van der Waals surface area contributed by atoms with E-state index < -0.39 is 12.1 Å². The number of benzene rings is 3. The number of ether oxygens (including phenoxy) is 4. The van der Waals surface area contributed by atoms with Crippen molar-refractivity contribution >= 4 is 5.91 Å². The van der Waals surface area contributed by atoms with Crippen molar-refractivity contribution in [2.75, 3.05) is 46.6 Å². The normalized spacial score (nSPS) is 14.8. The van der Waals surface area contributed by atoms with Gasteiger partial charge in [0.05, 0.1) is 26.2 Å². The van der Waals surface area contributed by atoms with Crippen molar-refractivity contribution in [1.29, 1.82) is 0 Å². The zero-order chi connectivity index (χ0) is 28.2. The van der Waals surface area contributed by atoms with Crippen molar-refractivity contribution in [3.05, 3.63) is 83.9 Å². The molecule has 40 heavy (non-hydrogen) atoms. The number of methoxy groups -OCH3 is 1. The lowest BCUT2D eigenvalue weighted by Gasteiger charge is -2.29. The molecule has 3 aromatic carbocycles. The fourth-order valence-electron chi connectivity index (χ4n) is 4.70. The highest BCUT2D eigenvalue weighted by atomic mass is 16.5. The number of rotatable bonds is 15. The molecule has 8 nitrogen and oxygen atoms in total. The third-order valence-electron chi connectivity index (χ3n) is 6.87. The summed E-state index contributed by atoms with van der Waals surface area (Å²) in [7, 11) is 1.61. The van der Waals surface area contributed by atoms with Crippen molar-refractivity contribution in [2.24, 2.45) is 0 Å². The Labute approximate surface area is 236 Å². The first-order valence-corrected chi connectivity index (χ1v) is 13.9. The molecule has 1 saturated heterocycles. The molecule has 0 saturated carbocycles. The Balaban J connectivity index is 1.27. The molecule has 1 fully saturated rings. The molecule has 214 valence electrons. The molecule has 0 bridgehead atoms. The van der Waals surface area contributed by atoms with Crippen LogP contribution in [0.3, 0.4) is 0 Å². The first-order chi connectivity index (χ1) is 19.5. The van der Waals surface area contributed by atoms with Gasteiger partial charge in [0, 0.05) is 6.54 Å². The van der Waals surface area contributed by atoms with E-state index in [0.717, 1.165) is 48.6 Å². The predicted molar refractivity (Wildman–Crippen MR) is 154 cm³/mol. The van der Waals surface area contributed by atoms with Crippen LogP contribution >= 0.6 is 0 Å².